The highest BCUT2D eigenvalue weighted by molar-refractivity contribution is 9.10. The molecular weight excluding hydrogens is 561 g/mol. The van der Waals surface area contributed by atoms with Crippen LogP contribution in [-0.4, -0.2) is 17.8 Å². The number of benzene rings is 3. The normalized spacial score (nSPS) is 14.7. The second-order valence-corrected chi connectivity index (χ2v) is 9.88. The molecule has 0 radical (unpaired) electrons. The second-order valence-electron chi connectivity index (χ2n) is 7.16. The van der Waals surface area contributed by atoms with Crippen LogP contribution < -0.4 is 14.4 Å². The van der Waals surface area contributed by atoms with Gasteiger partial charge >= 0.3 is 0 Å². The number of hydrogen-bond donors (Lipinski definition) is 0. The van der Waals surface area contributed by atoms with E-state index in [-0.39, 0.29) is 5.24 Å². The van der Waals surface area contributed by atoms with Gasteiger partial charge in [-0.25, -0.2) is 4.90 Å². The number of halogens is 3. The monoisotopic (exact) mass is 577 g/mol. The van der Waals surface area contributed by atoms with Crippen LogP contribution in [0.3, 0.4) is 0 Å². The van der Waals surface area contributed by atoms with E-state index in [0.29, 0.717) is 55.4 Å². The summed E-state index contributed by atoms with van der Waals surface area (Å²) in [5, 5.41) is 0.811. The number of anilines is 1. The Bertz CT molecular complexity index is 1260. The molecule has 1 aliphatic heterocycles. The molecule has 34 heavy (non-hydrogen) atoms. The summed E-state index contributed by atoms with van der Waals surface area (Å²) in [5.41, 5.74) is 2.11. The van der Waals surface area contributed by atoms with Gasteiger partial charge in [-0.15, -0.1) is 0 Å². The number of rotatable bonds is 7. The van der Waals surface area contributed by atoms with E-state index in [0.717, 1.165) is 22.2 Å². The van der Waals surface area contributed by atoms with E-state index in [1.165, 1.54) is 0 Å². The van der Waals surface area contributed by atoms with Gasteiger partial charge in [-0.3, -0.25) is 9.59 Å². The van der Waals surface area contributed by atoms with E-state index >= 15 is 0 Å². The summed E-state index contributed by atoms with van der Waals surface area (Å²) in [6.07, 6.45) is 1.66. The molecule has 1 fully saturated rings. The molecule has 1 aliphatic rings. The predicted octanol–water partition coefficient (Wildman–Crippen LogP) is 7.97. The highest BCUT2D eigenvalue weighted by Crippen LogP contribution is 2.40. The molecule has 3 aromatic carbocycles. The Hall–Kier alpha value is -2.45. The summed E-state index contributed by atoms with van der Waals surface area (Å²) >= 11 is 16.3. The Morgan fingerprint density at radius 2 is 1.56 bits per heavy atom. The third kappa shape index (κ3) is 5.61. The summed E-state index contributed by atoms with van der Waals surface area (Å²) in [5.74, 6) is 0.684. The minimum absolute atomic E-state index is 0.304. The van der Waals surface area contributed by atoms with Crippen LogP contribution in [-0.2, 0) is 11.4 Å². The molecule has 9 heteroatoms. The zero-order valence-electron chi connectivity index (χ0n) is 17.9. The summed E-state index contributed by atoms with van der Waals surface area (Å²) in [6.45, 7) is 2.65. The van der Waals surface area contributed by atoms with Crippen LogP contribution in [0.1, 0.15) is 18.1 Å². The molecular formula is C25H18BrCl2NO4S. The fourth-order valence-corrected chi connectivity index (χ4v) is 4.73. The van der Waals surface area contributed by atoms with Crippen molar-refractivity contribution < 1.29 is 19.1 Å². The van der Waals surface area contributed by atoms with Crippen molar-refractivity contribution in [3.8, 4) is 11.5 Å². The molecule has 0 bridgehead atoms. The quantitative estimate of drug-likeness (QED) is 0.266. The maximum absolute atomic E-state index is 13.0. The Kier molecular flexibility index (Phi) is 7.88. The first-order valence-corrected chi connectivity index (χ1v) is 12.6. The van der Waals surface area contributed by atoms with Crippen molar-refractivity contribution in [2.24, 2.45) is 0 Å². The van der Waals surface area contributed by atoms with Gasteiger partial charge in [0.1, 0.15) is 6.61 Å². The van der Waals surface area contributed by atoms with Gasteiger partial charge in [0.2, 0.25) is 0 Å². The smallest absolute Gasteiger partial charge is 0.298 e. The lowest BCUT2D eigenvalue weighted by Crippen LogP contribution is -2.27. The average Bonchev–Trinajstić information content (AvgIpc) is 3.09. The first-order chi connectivity index (χ1) is 16.4. The first-order valence-electron chi connectivity index (χ1n) is 10.2. The lowest BCUT2D eigenvalue weighted by atomic mass is 10.1. The molecule has 174 valence electrons. The van der Waals surface area contributed by atoms with Crippen molar-refractivity contribution >= 4 is 73.8 Å². The average molecular weight is 579 g/mol. The fraction of sp³-hybridized carbons (Fsp3) is 0.120. The molecule has 0 saturated carbocycles. The van der Waals surface area contributed by atoms with Gasteiger partial charge < -0.3 is 9.47 Å². The Morgan fingerprint density at radius 1 is 0.941 bits per heavy atom. The van der Waals surface area contributed by atoms with Gasteiger partial charge in [-0.1, -0.05) is 51.3 Å². The SMILES string of the molecule is CCOc1cc(/C=C2/SC(=O)N(c3ccc(Cl)cc3)C2=O)c(Br)cc1OCc1ccc(Cl)cc1. The third-order valence-electron chi connectivity index (χ3n) is 4.84. The van der Waals surface area contributed by atoms with E-state index in [4.69, 9.17) is 32.7 Å². The topological polar surface area (TPSA) is 55.8 Å². The van der Waals surface area contributed by atoms with Crippen molar-refractivity contribution in [1.29, 1.82) is 0 Å². The van der Waals surface area contributed by atoms with Crippen molar-refractivity contribution in [3.05, 3.63) is 91.2 Å². The van der Waals surface area contributed by atoms with Crippen molar-refractivity contribution in [1.82, 2.24) is 0 Å². The maximum atomic E-state index is 13.0. The zero-order chi connectivity index (χ0) is 24.2. The van der Waals surface area contributed by atoms with Gasteiger partial charge in [0.15, 0.2) is 11.5 Å². The summed E-state index contributed by atoms with van der Waals surface area (Å²) in [4.78, 5) is 27.0. The number of carbonyl (C=O) groups is 2. The highest BCUT2D eigenvalue weighted by atomic mass is 79.9. The van der Waals surface area contributed by atoms with E-state index in [2.05, 4.69) is 15.9 Å². The fourth-order valence-electron chi connectivity index (χ4n) is 3.21. The summed E-state index contributed by atoms with van der Waals surface area (Å²) in [6, 6.07) is 17.5. The van der Waals surface area contributed by atoms with Crippen LogP contribution in [0.2, 0.25) is 10.0 Å². The van der Waals surface area contributed by atoms with Crippen molar-refractivity contribution in [2.75, 3.05) is 11.5 Å². The lowest BCUT2D eigenvalue weighted by molar-refractivity contribution is -0.113. The summed E-state index contributed by atoms with van der Waals surface area (Å²) < 4.78 is 12.5. The van der Waals surface area contributed by atoms with E-state index in [1.54, 1.807) is 54.6 Å². The Morgan fingerprint density at radius 3 is 2.21 bits per heavy atom. The van der Waals surface area contributed by atoms with E-state index < -0.39 is 5.91 Å². The molecule has 5 nitrogen and oxygen atoms in total. The molecule has 0 spiro atoms. The Balaban J connectivity index is 1.59. The first kappa shape index (κ1) is 24.7. The van der Waals surface area contributed by atoms with Crippen LogP contribution in [0, 0.1) is 0 Å². The van der Waals surface area contributed by atoms with Crippen LogP contribution >= 0.6 is 50.9 Å². The molecule has 4 rings (SSSR count). The van der Waals surface area contributed by atoms with Crippen LogP contribution in [0.4, 0.5) is 10.5 Å². The molecule has 0 atom stereocenters. The lowest BCUT2D eigenvalue weighted by Gasteiger charge is -2.14. The minimum atomic E-state index is -0.398. The molecule has 3 aromatic rings. The zero-order valence-corrected chi connectivity index (χ0v) is 21.8. The predicted molar refractivity (Wildman–Crippen MR) is 141 cm³/mol. The van der Waals surface area contributed by atoms with Crippen molar-refractivity contribution in [3.63, 3.8) is 0 Å². The van der Waals surface area contributed by atoms with E-state index in [1.807, 2.05) is 19.1 Å². The standard InChI is InChI=1S/C25H18BrCl2NO4S/c1-2-32-21-11-16(20(26)13-22(21)33-14-15-3-5-17(27)6-4-15)12-23-24(30)29(25(31)34-23)19-9-7-18(28)8-10-19/h3-13H,2,14H2,1H3/b23-12+. The van der Waals surface area contributed by atoms with Gasteiger partial charge in [-0.05, 0) is 84.4 Å². The van der Waals surface area contributed by atoms with Crippen LogP contribution in [0.25, 0.3) is 6.08 Å². The molecule has 0 aromatic heterocycles. The molecule has 0 aliphatic carbocycles. The highest BCUT2D eigenvalue weighted by Gasteiger charge is 2.36. The third-order valence-corrected chi connectivity index (χ3v) is 6.90. The number of thioether (sulfide) groups is 1. The molecule has 1 saturated heterocycles. The molecule has 1 heterocycles. The number of carbonyl (C=O) groups excluding carboxylic acids is 2. The number of imide groups is 1. The Labute approximate surface area is 219 Å². The molecule has 0 unspecified atom stereocenters. The minimum Gasteiger partial charge on any atom is -0.490 e. The number of nitrogens with zero attached hydrogens (tertiary/aromatic N) is 1. The van der Waals surface area contributed by atoms with Crippen molar-refractivity contribution in [2.45, 2.75) is 13.5 Å². The largest absolute Gasteiger partial charge is 0.490 e. The number of ether oxygens (including phenoxy) is 2. The summed E-state index contributed by atoms with van der Waals surface area (Å²) in [7, 11) is 0. The number of hydrogen-bond acceptors (Lipinski definition) is 5. The van der Waals surface area contributed by atoms with Gasteiger partial charge in [0, 0.05) is 14.5 Å². The molecule has 0 N–H and O–H groups in total. The van der Waals surface area contributed by atoms with E-state index in [9.17, 15) is 9.59 Å². The second kappa shape index (κ2) is 10.9. The van der Waals surface area contributed by atoms with Gasteiger partial charge in [-0.2, -0.15) is 0 Å². The number of amides is 2. The van der Waals surface area contributed by atoms with Crippen LogP contribution in [0.15, 0.2) is 70.0 Å². The van der Waals surface area contributed by atoms with Gasteiger partial charge in [0.05, 0.1) is 17.2 Å². The molecule has 2 amide bonds. The van der Waals surface area contributed by atoms with Crippen LogP contribution in [0.5, 0.6) is 11.5 Å². The maximum Gasteiger partial charge on any atom is 0.298 e. The van der Waals surface area contributed by atoms with Gasteiger partial charge in [0.25, 0.3) is 11.1 Å².